The smallest absolute Gasteiger partial charge is 0.330 e. The van der Waals surface area contributed by atoms with E-state index in [2.05, 4.69) is 10.3 Å². The predicted octanol–water partition coefficient (Wildman–Crippen LogP) is 4.59. The number of aromatic nitrogens is 2. The number of para-hydroxylation sites is 1. The second-order valence-corrected chi connectivity index (χ2v) is 7.65. The lowest BCUT2D eigenvalue weighted by Crippen LogP contribution is -2.48. The van der Waals surface area contributed by atoms with Crippen LogP contribution in [0.25, 0.3) is 0 Å². The van der Waals surface area contributed by atoms with Gasteiger partial charge in [-0.25, -0.2) is 9.78 Å². The molecule has 1 aliphatic heterocycles. The van der Waals surface area contributed by atoms with E-state index in [-0.39, 0.29) is 6.03 Å². The quantitative estimate of drug-likeness (QED) is 0.654. The molecule has 0 spiro atoms. The Bertz CT molecular complexity index is 1050. The van der Waals surface area contributed by atoms with Crippen LogP contribution < -0.4 is 19.9 Å². The molecule has 1 N–H and O–H groups in total. The van der Waals surface area contributed by atoms with Crippen molar-refractivity contribution in [2.24, 2.45) is 5.92 Å². The van der Waals surface area contributed by atoms with E-state index in [4.69, 9.17) is 9.72 Å². The van der Waals surface area contributed by atoms with Crippen LogP contribution in [0, 0.1) is 5.92 Å². The third kappa shape index (κ3) is 3.66. The number of hydrogen-bond donors (Lipinski definition) is 1. The molecule has 2 heterocycles. The molecule has 0 unspecified atom stereocenters. The third-order valence-electron chi connectivity index (χ3n) is 5.44. The first-order chi connectivity index (χ1) is 14.7. The Morgan fingerprint density at radius 2 is 1.87 bits per heavy atom. The second kappa shape index (κ2) is 7.67. The topological polar surface area (TPSA) is 70.6 Å². The molecule has 0 atom stereocenters. The molecule has 2 aliphatic rings. The van der Waals surface area contributed by atoms with Gasteiger partial charge in [-0.05, 0) is 55.2 Å². The summed E-state index contributed by atoms with van der Waals surface area (Å²) in [6.07, 6.45) is 4.13. The van der Waals surface area contributed by atoms with Crippen molar-refractivity contribution in [2.75, 3.05) is 28.8 Å². The highest BCUT2D eigenvalue weighted by Crippen LogP contribution is 2.36. The van der Waals surface area contributed by atoms with Gasteiger partial charge in [0.2, 0.25) is 5.95 Å². The van der Waals surface area contributed by atoms with Gasteiger partial charge in [0.15, 0.2) is 0 Å². The van der Waals surface area contributed by atoms with Crippen LogP contribution in [0.2, 0.25) is 0 Å². The summed E-state index contributed by atoms with van der Waals surface area (Å²) in [6, 6.07) is 17.3. The minimum absolute atomic E-state index is 0.0519. The third-order valence-corrected chi connectivity index (χ3v) is 5.44. The van der Waals surface area contributed by atoms with Gasteiger partial charge >= 0.3 is 6.03 Å². The Kier molecular flexibility index (Phi) is 4.71. The van der Waals surface area contributed by atoms with Crippen LogP contribution in [0.5, 0.6) is 5.75 Å². The van der Waals surface area contributed by atoms with Gasteiger partial charge in [-0.2, -0.15) is 4.98 Å². The second-order valence-electron chi connectivity index (χ2n) is 7.65. The Hall–Kier alpha value is -3.61. The average Bonchev–Trinajstić information content (AvgIpc) is 3.61. The number of anilines is 4. The molecule has 7 heteroatoms. The fourth-order valence-corrected chi connectivity index (χ4v) is 3.62. The lowest BCUT2D eigenvalue weighted by molar-refractivity contribution is 0.249. The first-order valence-corrected chi connectivity index (χ1v) is 10.1. The van der Waals surface area contributed by atoms with Crippen molar-refractivity contribution in [1.29, 1.82) is 0 Å². The van der Waals surface area contributed by atoms with Gasteiger partial charge in [-0.3, -0.25) is 9.80 Å². The van der Waals surface area contributed by atoms with E-state index in [9.17, 15) is 4.79 Å². The lowest BCUT2D eigenvalue weighted by atomic mass is 10.1. The van der Waals surface area contributed by atoms with Crippen LogP contribution in [0.4, 0.5) is 27.9 Å². The number of amides is 2. The number of carbonyl (C=O) groups is 1. The monoisotopic (exact) mass is 401 g/mol. The van der Waals surface area contributed by atoms with E-state index in [1.807, 2.05) is 60.8 Å². The Labute approximate surface area is 175 Å². The van der Waals surface area contributed by atoms with Crippen molar-refractivity contribution in [3.8, 4) is 5.75 Å². The van der Waals surface area contributed by atoms with Gasteiger partial charge in [0.1, 0.15) is 11.6 Å². The van der Waals surface area contributed by atoms with Crippen molar-refractivity contribution < 1.29 is 9.53 Å². The number of carbonyl (C=O) groups excluding carboxylic acids is 1. The molecule has 1 aliphatic carbocycles. The molecule has 2 amide bonds. The van der Waals surface area contributed by atoms with E-state index >= 15 is 0 Å². The zero-order valence-electron chi connectivity index (χ0n) is 16.8. The first-order valence-electron chi connectivity index (χ1n) is 10.1. The van der Waals surface area contributed by atoms with Gasteiger partial charge in [-0.1, -0.05) is 18.2 Å². The SMILES string of the molecule is COc1ccc(N2Cc3cnc(Nc4ccccc4)nc3N(CC3CC3)C2=O)cc1. The maximum absolute atomic E-state index is 13.4. The molecule has 0 saturated heterocycles. The molecule has 152 valence electrons. The molecule has 5 rings (SSSR count). The molecule has 1 saturated carbocycles. The van der Waals surface area contributed by atoms with Gasteiger partial charge in [0.25, 0.3) is 0 Å². The molecule has 30 heavy (non-hydrogen) atoms. The summed E-state index contributed by atoms with van der Waals surface area (Å²) in [5.41, 5.74) is 2.68. The number of benzene rings is 2. The number of nitrogens with zero attached hydrogens (tertiary/aromatic N) is 4. The first kappa shape index (κ1) is 18.4. The number of fused-ring (bicyclic) bond motifs is 1. The number of nitrogens with one attached hydrogen (secondary N) is 1. The summed E-state index contributed by atoms with van der Waals surface area (Å²) in [5.74, 6) is 2.49. The van der Waals surface area contributed by atoms with Gasteiger partial charge in [-0.15, -0.1) is 0 Å². The fraction of sp³-hybridized carbons (Fsp3) is 0.261. The molecule has 7 nitrogen and oxygen atoms in total. The molecular formula is C23H23N5O2. The number of methoxy groups -OCH3 is 1. The number of rotatable bonds is 6. The number of urea groups is 1. The minimum atomic E-state index is -0.0519. The highest BCUT2D eigenvalue weighted by atomic mass is 16.5. The van der Waals surface area contributed by atoms with Crippen LogP contribution in [0.1, 0.15) is 18.4 Å². The van der Waals surface area contributed by atoms with Crippen molar-refractivity contribution >= 4 is 29.2 Å². The number of ether oxygens (including phenoxy) is 1. The van der Waals surface area contributed by atoms with Gasteiger partial charge in [0.05, 0.1) is 13.7 Å². The van der Waals surface area contributed by atoms with E-state index in [0.29, 0.717) is 30.8 Å². The van der Waals surface area contributed by atoms with E-state index in [1.165, 1.54) is 0 Å². The average molecular weight is 401 g/mol. The highest BCUT2D eigenvalue weighted by Gasteiger charge is 2.36. The zero-order valence-corrected chi connectivity index (χ0v) is 16.8. The molecule has 0 bridgehead atoms. The van der Waals surface area contributed by atoms with Crippen molar-refractivity contribution in [3.63, 3.8) is 0 Å². The summed E-state index contributed by atoms with van der Waals surface area (Å²) < 4.78 is 5.24. The molecule has 0 radical (unpaired) electrons. The predicted molar refractivity (Wildman–Crippen MR) is 116 cm³/mol. The van der Waals surface area contributed by atoms with Crippen LogP contribution in [0.15, 0.2) is 60.8 Å². The zero-order chi connectivity index (χ0) is 20.5. The van der Waals surface area contributed by atoms with Crippen LogP contribution in [0.3, 0.4) is 0 Å². The van der Waals surface area contributed by atoms with Crippen LogP contribution >= 0.6 is 0 Å². The normalized spacial score (nSPS) is 15.7. The van der Waals surface area contributed by atoms with Crippen molar-refractivity contribution in [1.82, 2.24) is 9.97 Å². The molecular weight excluding hydrogens is 378 g/mol. The Morgan fingerprint density at radius 3 is 2.57 bits per heavy atom. The summed E-state index contributed by atoms with van der Waals surface area (Å²) in [7, 11) is 1.63. The van der Waals surface area contributed by atoms with Gasteiger partial charge < -0.3 is 10.1 Å². The molecule has 2 aromatic carbocycles. The summed E-state index contributed by atoms with van der Waals surface area (Å²) in [5, 5.41) is 3.23. The maximum atomic E-state index is 13.4. The van der Waals surface area contributed by atoms with Crippen molar-refractivity contribution in [3.05, 3.63) is 66.4 Å². The lowest BCUT2D eigenvalue weighted by Gasteiger charge is -2.36. The summed E-state index contributed by atoms with van der Waals surface area (Å²) >= 11 is 0. The van der Waals surface area contributed by atoms with Crippen LogP contribution in [-0.4, -0.2) is 29.7 Å². The largest absolute Gasteiger partial charge is 0.497 e. The Morgan fingerprint density at radius 1 is 1.10 bits per heavy atom. The fourth-order valence-electron chi connectivity index (χ4n) is 3.62. The number of hydrogen-bond acceptors (Lipinski definition) is 5. The molecule has 1 aromatic heterocycles. The highest BCUT2D eigenvalue weighted by molar-refractivity contribution is 6.05. The molecule has 1 fully saturated rings. The molecule has 3 aromatic rings. The summed E-state index contributed by atoms with van der Waals surface area (Å²) in [6.45, 7) is 1.12. The minimum Gasteiger partial charge on any atom is -0.497 e. The Balaban J connectivity index is 1.47. The van der Waals surface area contributed by atoms with E-state index in [1.54, 1.807) is 16.9 Å². The van der Waals surface area contributed by atoms with E-state index in [0.717, 1.165) is 35.5 Å². The van der Waals surface area contributed by atoms with Crippen LogP contribution in [-0.2, 0) is 6.54 Å². The van der Waals surface area contributed by atoms with Crippen molar-refractivity contribution in [2.45, 2.75) is 19.4 Å². The van der Waals surface area contributed by atoms with E-state index < -0.39 is 0 Å². The summed E-state index contributed by atoms with van der Waals surface area (Å²) in [4.78, 5) is 26.2. The van der Waals surface area contributed by atoms with Gasteiger partial charge in [0, 0.05) is 29.7 Å². The maximum Gasteiger partial charge on any atom is 0.330 e. The standard InChI is InChI=1S/C23H23N5O2/c1-30-20-11-9-19(10-12-20)27-15-17-13-24-22(25-18-5-3-2-4-6-18)26-21(17)28(23(27)29)14-16-7-8-16/h2-6,9-13,16H,7-8,14-15H2,1H3,(H,24,25,26).